The predicted molar refractivity (Wildman–Crippen MR) is 147 cm³/mol. The van der Waals surface area contributed by atoms with Crippen molar-refractivity contribution in [2.24, 2.45) is 0 Å². The number of rotatable bonds is 10. The number of likely N-dealkylation sites (N-methyl/N-ethyl adjacent to an activating group) is 1. The Kier molecular flexibility index (Phi) is 9.54. The summed E-state index contributed by atoms with van der Waals surface area (Å²) in [5, 5.41) is 2.76. The van der Waals surface area contributed by atoms with Gasteiger partial charge in [-0.2, -0.15) is 0 Å². The minimum Gasteiger partial charge on any atom is -0.365 e. The number of hydrogen-bond acceptors (Lipinski definition) is 5. The van der Waals surface area contributed by atoms with Gasteiger partial charge in [-0.25, -0.2) is 4.79 Å². The summed E-state index contributed by atoms with van der Waals surface area (Å²) in [5.41, 5.74) is 2.12. The van der Waals surface area contributed by atoms with E-state index in [1.54, 1.807) is 39.0 Å². The second-order valence-electron chi connectivity index (χ2n) is 9.69. The third kappa shape index (κ3) is 7.14. The van der Waals surface area contributed by atoms with Gasteiger partial charge in [-0.05, 0) is 44.0 Å². The maximum Gasteiger partial charge on any atom is 0.321 e. The lowest BCUT2D eigenvalue weighted by Crippen LogP contribution is -2.41. The molecule has 2 saturated heterocycles. The number of hydrogen-bond donors (Lipinski definition) is 1. The monoisotopic (exact) mass is 535 g/mol. The number of ether oxygens (including phenoxy) is 1. The lowest BCUT2D eigenvalue weighted by Gasteiger charge is -2.26. The quantitative estimate of drug-likeness (QED) is 0.502. The van der Waals surface area contributed by atoms with Crippen LogP contribution in [0.4, 0.5) is 10.5 Å². The molecule has 0 bridgehead atoms. The van der Waals surface area contributed by atoms with Crippen molar-refractivity contribution in [3.63, 3.8) is 0 Å². The molecule has 1 atom stereocenters. The normalized spacial score (nSPS) is 17.7. The van der Waals surface area contributed by atoms with Crippen molar-refractivity contribution in [2.45, 2.75) is 26.4 Å². The van der Waals surface area contributed by atoms with E-state index in [9.17, 15) is 19.2 Å². The van der Waals surface area contributed by atoms with Crippen LogP contribution in [0.3, 0.4) is 0 Å². The minimum absolute atomic E-state index is 0.0914. The van der Waals surface area contributed by atoms with Crippen molar-refractivity contribution < 1.29 is 23.9 Å². The third-order valence-electron chi connectivity index (χ3n) is 7.15. The summed E-state index contributed by atoms with van der Waals surface area (Å²) in [6.07, 6.45) is 0.147. The summed E-state index contributed by atoms with van der Waals surface area (Å²) < 4.78 is 6.04. The summed E-state index contributed by atoms with van der Waals surface area (Å²) >= 11 is 0. The standard InChI is InChI=1S/C29H37N5O5/c1-3-31(4-2)27(36)21-39-25-18-32(15-13-22-9-6-5-7-10-22)26(35)20-33(19-25)28(37)23-11-8-12-24(17-23)34-16-14-30-29(34)38/h5-12,17,25H,3-4,13-16,18-21H2,1-2H3,(H,30,38)/t25-/m0/s1. The first-order valence-electron chi connectivity index (χ1n) is 13.5. The van der Waals surface area contributed by atoms with Gasteiger partial charge in [0.2, 0.25) is 11.8 Å². The van der Waals surface area contributed by atoms with Gasteiger partial charge in [0.15, 0.2) is 0 Å². The molecule has 5 amide bonds. The molecule has 0 spiro atoms. The predicted octanol–water partition coefficient (Wildman–Crippen LogP) is 2.00. The second-order valence-corrected chi connectivity index (χ2v) is 9.69. The Morgan fingerprint density at radius 2 is 1.79 bits per heavy atom. The zero-order chi connectivity index (χ0) is 27.8. The number of benzene rings is 2. The molecule has 2 aliphatic heterocycles. The molecule has 0 radical (unpaired) electrons. The number of urea groups is 1. The summed E-state index contributed by atoms with van der Waals surface area (Å²) in [4.78, 5) is 58.2. The summed E-state index contributed by atoms with van der Waals surface area (Å²) in [5.74, 6) is -0.616. The highest BCUT2D eigenvalue weighted by Gasteiger charge is 2.32. The lowest BCUT2D eigenvalue weighted by atomic mass is 10.1. The highest BCUT2D eigenvalue weighted by molar-refractivity contribution is 5.99. The Balaban J connectivity index is 1.51. The molecule has 2 aliphatic rings. The largest absolute Gasteiger partial charge is 0.365 e. The van der Waals surface area contributed by atoms with Gasteiger partial charge in [-0.1, -0.05) is 36.4 Å². The molecule has 2 aromatic rings. The van der Waals surface area contributed by atoms with Crippen LogP contribution in [0, 0.1) is 0 Å². The van der Waals surface area contributed by atoms with Crippen molar-refractivity contribution >= 4 is 29.4 Å². The summed E-state index contributed by atoms with van der Waals surface area (Å²) in [6, 6.07) is 16.6. The molecule has 1 N–H and O–H groups in total. The Bertz CT molecular complexity index is 1170. The van der Waals surface area contributed by atoms with Crippen LogP contribution >= 0.6 is 0 Å². The fourth-order valence-electron chi connectivity index (χ4n) is 4.93. The van der Waals surface area contributed by atoms with Gasteiger partial charge in [0, 0.05) is 57.1 Å². The molecule has 10 heteroatoms. The van der Waals surface area contributed by atoms with Crippen LogP contribution in [-0.2, 0) is 20.7 Å². The number of nitrogens with one attached hydrogen (secondary N) is 1. The van der Waals surface area contributed by atoms with E-state index in [4.69, 9.17) is 4.74 Å². The zero-order valence-electron chi connectivity index (χ0n) is 22.7. The average Bonchev–Trinajstić information content (AvgIpc) is 3.32. The molecule has 39 heavy (non-hydrogen) atoms. The smallest absolute Gasteiger partial charge is 0.321 e. The summed E-state index contributed by atoms with van der Waals surface area (Å²) in [6.45, 7) is 6.79. The highest BCUT2D eigenvalue weighted by atomic mass is 16.5. The summed E-state index contributed by atoms with van der Waals surface area (Å²) in [7, 11) is 0. The molecular formula is C29H37N5O5. The SMILES string of the molecule is CCN(CC)C(=O)CO[C@H]1CN(CCc2ccccc2)C(=O)CN(C(=O)c2cccc(N3CCNC3=O)c2)C1. The van der Waals surface area contributed by atoms with Crippen molar-refractivity contribution in [3.05, 3.63) is 65.7 Å². The molecule has 2 fully saturated rings. The van der Waals surface area contributed by atoms with Crippen molar-refractivity contribution in [1.29, 1.82) is 0 Å². The molecule has 4 rings (SSSR count). The molecule has 10 nitrogen and oxygen atoms in total. The van der Waals surface area contributed by atoms with Crippen LogP contribution in [0.1, 0.15) is 29.8 Å². The number of carbonyl (C=O) groups excluding carboxylic acids is 4. The van der Waals surface area contributed by atoms with Crippen LogP contribution in [0.15, 0.2) is 54.6 Å². The molecular weight excluding hydrogens is 498 g/mol. The van der Waals surface area contributed by atoms with E-state index < -0.39 is 6.10 Å². The lowest BCUT2D eigenvalue weighted by molar-refractivity contribution is -0.138. The average molecular weight is 536 g/mol. The first-order chi connectivity index (χ1) is 18.9. The number of carbonyl (C=O) groups is 4. The minimum atomic E-state index is -0.525. The van der Waals surface area contributed by atoms with Gasteiger partial charge in [0.1, 0.15) is 13.2 Å². The van der Waals surface area contributed by atoms with E-state index in [0.717, 1.165) is 5.56 Å². The number of amides is 5. The Morgan fingerprint density at radius 1 is 1.03 bits per heavy atom. The van der Waals surface area contributed by atoms with Crippen LogP contribution in [0.25, 0.3) is 0 Å². The number of anilines is 1. The van der Waals surface area contributed by atoms with E-state index in [-0.39, 0.29) is 50.0 Å². The molecule has 208 valence electrons. The molecule has 0 aliphatic carbocycles. The molecule has 0 saturated carbocycles. The maximum atomic E-state index is 13.6. The molecule has 0 aromatic heterocycles. The highest BCUT2D eigenvalue weighted by Crippen LogP contribution is 2.20. The number of nitrogens with zero attached hydrogens (tertiary/aromatic N) is 4. The fourth-order valence-corrected chi connectivity index (χ4v) is 4.93. The second kappa shape index (κ2) is 13.2. The van der Waals surface area contributed by atoms with Gasteiger partial charge in [0.05, 0.1) is 6.10 Å². The Labute approximate surface area is 229 Å². The third-order valence-corrected chi connectivity index (χ3v) is 7.15. The van der Waals surface area contributed by atoms with Crippen LogP contribution < -0.4 is 10.2 Å². The van der Waals surface area contributed by atoms with Crippen molar-refractivity contribution in [1.82, 2.24) is 20.0 Å². The maximum absolute atomic E-state index is 13.6. The van der Waals surface area contributed by atoms with Crippen LogP contribution in [-0.4, -0.2) is 104 Å². The Morgan fingerprint density at radius 3 is 2.49 bits per heavy atom. The first-order valence-corrected chi connectivity index (χ1v) is 13.5. The molecule has 2 aromatic carbocycles. The molecule has 2 heterocycles. The topological polar surface area (TPSA) is 102 Å². The van der Waals surface area contributed by atoms with E-state index in [2.05, 4.69) is 5.32 Å². The zero-order valence-corrected chi connectivity index (χ0v) is 22.7. The van der Waals surface area contributed by atoms with Crippen LogP contribution in [0.5, 0.6) is 0 Å². The van der Waals surface area contributed by atoms with Crippen molar-refractivity contribution in [2.75, 3.05) is 63.9 Å². The van der Waals surface area contributed by atoms with Crippen molar-refractivity contribution in [3.8, 4) is 0 Å². The van der Waals surface area contributed by atoms with Gasteiger partial charge >= 0.3 is 6.03 Å². The van der Waals surface area contributed by atoms with Gasteiger partial charge in [-0.15, -0.1) is 0 Å². The van der Waals surface area contributed by atoms with E-state index in [0.29, 0.717) is 50.4 Å². The van der Waals surface area contributed by atoms with Gasteiger partial charge in [-0.3, -0.25) is 19.3 Å². The van der Waals surface area contributed by atoms with E-state index >= 15 is 0 Å². The van der Waals surface area contributed by atoms with E-state index in [1.165, 1.54) is 4.90 Å². The van der Waals surface area contributed by atoms with Crippen LogP contribution in [0.2, 0.25) is 0 Å². The molecule has 0 unspecified atom stereocenters. The Hall–Kier alpha value is -3.92. The first kappa shape index (κ1) is 28.1. The van der Waals surface area contributed by atoms with Gasteiger partial charge < -0.3 is 24.8 Å². The fraction of sp³-hybridized carbons (Fsp3) is 0.448. The van der Waals surface area contributed by atoms with Gasteiger partial charge in [0.25, 0.3) is 5.91 Å². The van der Waals surface area contributed by atoms with E-state index in [1.807, 2.05) is 44.2 Å².